The van der Waals surface area contributed by atoms with Gasteiger partial charge in [-0.05, 0) is 23.1 Å². The quantitative estimate of drug-likeness (QED) is 0.409. The van der Waals surface area contributed by atoms with E-state index < -0.39 is 18.0 Å². The molecular weight excluding hydrogens is 538 g/mol. The zero-order valence-corrected chi connectivity index (χ0v) is 20.6. The van der Waals surface area contributed by atoms with Crippen molar-refractivity contribution in [2.24, 2.45) is 11.8 Å². The zero-order valence-electron chi connectivity index (χ0n) is 18.5. The number of hydrogen-bond donors (Lipinski definition) is 0. The summed E-state index contributed by atoms with van der Waals surface area (Å²) in [5.74, 6) is -1.15. The van der Waals surface area contributed by atoms with E-state index in [2.05, 4.69) is 0 Å². The topological polar surface area (TPSA) is 44.8 Å². The molecule has 3 unspecified atom stereocenters. The summed E-state index contributed by atoms with van der Waals surface area (Å²) >= 11 is 0. The third-order valence-electron chi connectivity index (χ3n) is 6.78. The second-order valence-electron chi connectivity index (χ2n) is 8.97. The van der Waals surface area contributed by atoms with Gasteiger partial charge in [-0.2, -0.15) is 13.2 Å². The lowest BCUT2D eigenvalue weighted by Crippen LogP contribution is -3.00. The molecule has 1 aliphatic carbocycles. The van der Waals surface area contributed by atoms with Crippen molar-refractivity contribution in [3.8, 4) is 17.2 Å². The molecule has 0 bridgehead atoms. The molecule has 0 radical (unpaired) electrons. The summed E-state index contributed by atoms with van der Waals surface area (Å²) in [6.07, 6.45) is 0.474. The van der Waals surface area contributed by atoms with Crippen LogP contribution >= 0.6 is 0 Å². The molecule has 3 aliphatic rings. The molecule has 0 fully saturated rings. The second-order valence-corrected chi connectivity index (χ2v) is 8.97. The van der Waals surface area contributed by atoms with Crippen LogP contribution in [0.2, 0.25) is 0 Å². The number of halogens is 4. The fraction of sp³-hybridized carbons (Fsp3) is 0.522. The Labute approximate surface area is 202 Å². The Morgan fingerprint density at radius 1 is 1.28 bits per heavy atom. The Balaban J connectivity index is 0.00000289. The number of methoxy groups -OCH3 is 1. The molecule has 0 aromatic heterocycles. The van der Waals surface area contributed by atoms with Gasteiger partial charge in [0.1, 0.15) is 6.04 Å². The van der Waals surface area contributed by atoms with Gasteiger partial charge in [0.15, 0.2) is 17.3 Å². The fourth-order valence-corrected chi connectivity index (χ4v) is 4.94. The van der Waals surface area contributed by atoms with Crippen LogP contribution in [0, 0.1) is 11.8 Å². The van der Waals surface area contributed by atoms with E-state index in [1.807, 2.05) is 20.2 Å². The van der Waals surface area contributed by atoms with Crippen molar-refractivity contribution in [1.82, 2.24) is 0 Å². The molecule has 0 saturated heterocycles. The molecule has 5 nitrogen and oxygen atoms in total. The number of allylic oxidation sites excluding steroid dienone is 4. The first-order valence-electron chi connectivity index (χ1n) is 10.3. The van der Waals surface area contributed by atoms with Gasteiger partial charge < -0.3 is 42.7 Å². The number of ether oxygens (including phenoxy) is 3. The van der Waals surface area contributed by atoms with Crippen molar-refractivity contribution in [2.75, 3.05) is 34.5 Å². The summed E-state index contributed by atoms with van der Waals surface area (Å²) in [7, 11) is 5.61. The normalized spacial score (nSPS) is 25.5. The Morgan fingerprint density at radius 3 is 2.66 bits per heavy atom. The minimum absolute atomic E-state index is 0. The predicted molar refractivity (Wildman–Crippen MR) is 108 cm³/mol. The molecule has 9 heteroatoms. The molecule has 32 heavy (non-hydrogen) atoms. The SMILES string of the molecule is COc1c2c(cc3c1C(CC(=O)C1=CC=CC(C(F)(F)F)C1C)[N+](C)(C)CC3)OCO2.[I-]. The van der Waals surface area contributed by atoms with Crippen LogP contribution < -0.4 is 38.2 Å². The highest BCUT2D eigenvalue weighted by Crippen LogP contribution is 2.52. The van der Waals surface area contributed by atoms with Gasteiger partial charge >= 0.3 is 6.18 Å². The highest BCUT2D eigenvalue weighted by Gasteiger charge is 2.46. The number of Topliss-reactive ketones (excluding diaryl/α,β-unsaturated/α-hetero) is 1. The number of ketones is 1. The van der Waals surface area contributed by atoms with Crippen LogP contribution in [0.4, 0.5) is 13.2 Å². The van der Waals surface area contributed by atoms with Gasteiger partial charge in [-0.15, -0.1) is 0 Å². The third kappa shape index (κ3) is 4.25. The minimum Gasteiger partial charge on any atom is -1.00 e. The van der Waals surface area contributed by atoms with Crippen LogP contribution in [-0.2, 0) is 11.2 Å². The molecule has 0 spiro atoms. The first-order valence-corrected chi connectivity index (χ1v) is 10.3. The van der Waals surface area contributed by atoms with Crippen LogP contribution in [0.15, 0.2) is 29.9 Å². The maximum atomic E-state index is 13.4. The Morgan fingerprint density at radius 2 is 2.00 bits per heavy atom. The number of benzene rings is 1. The van der Waals surface area contributed by atoms with Gasteiger partial charge in [-0.1, -0.05) is 25.2 Å². The van der Waals surface area contributed by atoms with Crippen LogP contribution in [0.1, 0.15) is 30.5 Å². The minimum atomic E-state index is -4.39. The van der Waals surface area contributed by atoms with E-state index in [1.54, 1.807) is 7.11 Å². The monoisotopic (exact) mass is 565 g/mol. The lowest BCUT2D eigenvalue weighted by molar-refractivity contribution is -0.922. The molecule has 0 saturated carbocycles. The number of carbonyl (C=O) groups is 1. The van der Waals surface area contributed by atoms with Crippen LogP contribution in [0.5, 0.6) is 17.2 Å². The average molecular weight is 565 g/mol. The van der Waals surface area contributed by atoms with Gasteiger partial charge in [0.05, 0.1) is 45.7 Å². The van der Waals surface area contributed by atoms with Crippen molar-refractivity contribution in [3.05, 3.63) is 41.0 Å². The Hall–Kier alpha value is -1.75. The van der Waals surface area contributed by atoms with E-state index >= 15 is 0 Å². The van der Waals surface area contributed by atoms with E-state index in [1.165, 1.54) is 19.1 Å². The molecule has 1 aromatic carbocycles. The third-order valence-corrected chi connectivity index (χ3v) is 6.78. The number of likely N-dealkylation sites (N-methyl/N-ethyl adjacent to an activating group) is 1. The number of quaternary nitrogens is 1. The predicted octanol–water partition coefficient (Wildman–Crippen LogP) is 1.37. The summed E-state index contributed by atoms with van der Waals surface area (Å²) in [6, 6.07) is 1.66. The summed E-state index contributed by atoms with van der Waals surface area (Å²) in [4.78, 5) is 13.3. The van der Waals surface area contributed by atoms with Crippen molar-refractivity contribution >= 4 is 5.78 Å². The van der Waals surface area contributed by atoms with Crippen LogP contribution in [-0.4, -0.2) is 51.0 Å². The van der Waals surface area contributed by atoms with Gasteiger partial charge in [0.25, 0.3) is 0 Å². The van der Waals surface area contributed by atoms with Crippen LogP contribution in [0.3, 0.4) is 0 Å². The Bertz CT molecular complexity index is 971. The maximum absolute atomic E-state index is 13.4. The van der Waals surface area contributed by atoms with E-state index in [9.17, 15) is 18.0 Å². The molecular formula is C23H27F3INO4. The van der Waals surface area contributed by atoms with Crippen molar-refractivity contribution in [1.29, 1.82) is 0 Å². The number of nitrogens with zero attached hydrogens (tertiary/aromatic N) is 1. The number of rotatable bonds is 4. The smallest absolute Gasteiger partial charge is 0.395 e. The van der Waals surface area contributed by atoms with Gasteiger partial charge in [-0.3, -0.25) is 4.79 Å². The van der Waals surface area contributed by atoms with Gasteiger partial charge in [0.2, 0.25) is 12.5 Å². The van der Waals surface area contributed by atoms with E-state index in [-0.39, 0.29) is 54.6 Å². The molecule has 4 rings (SSSR count). The number of carbonyl (C=O) groups excluding carboxylic acids is 1. The van der Waals surface area contributed by atoms with Gasteiger partial charge in [-0.25, -0.2) is 0 Å². The molecule has 3 atom stereocenters. The molecule has 2 aliphatic heterocycles. The number of alkyl halides is 3. The largest absolute Gasteiger partial charge is 1.00 e. The summed E-state index contributed by atoms with van der Waals surface area (Å²) in [5, 5.41) is 0. The van der Waals surface area contributed by atoms with E-state index in [0.29, 0.717) is 21.7 Å². The summed E-state index contributed by atoms with van der Waals surface area (Å²) < 4.78 is 57.5. The Kier molecular flexibility index (Phi) is 6.91. The fourth-order valence-electron chi connectivity index (χ4n) is 4.94. The molecule has 176 valence electrons. The van der Waals surface area contributed by atoms with Crippen molar-refractivity contribution in [2.45, 2.75) is 32.0 Å². The molecule has 2 heterocycles. The summed E-state index contributed by atoms with van der Waals surface area (Å²) in [6.45, 7) is 2.36. The van der Waals surface area contributed by atoms with Crippen molar-refractivity contribution in [3.63, 3.8) is 0 Å². The standard InChI is InChI=1S/C23H27F3NO4.HI/c1-13-15(6-5-7-16(13)23(24,25)26)18(28)11-17-20-14(8-9-27(17,2)3)10-19-21(22(20)29-4)31-12-30-19;/h5-7,10,13,16-17H,8-9,11-12H2,1-4H3;1H/q+1;/p-1. The number of fused-ring (bicyclic) bond motifs is 2. The number of hydrogen-bond acceptors (Lipinski definition) is 4. The molecule has 0 N–H and O–H groups in total. The van der Waals surface area contributed by atoms with Crippen molar-refractivity contribution < 1.29 is 60.6 Å². The lowest BCUT2D eigenvalue weighted by atomic mass is 9.78. The summed E-state index contributed by atoms with van der Waals surface area (Å²) in [5.41, 5.74) is 2.12. The second kappa shape index (κ2) is 8.89. The van der Waals surface area contributed by atoms with E-state index in [0.717, 1.165) is 30.2 Å². The van der Waals surface area contributed by atoms with Crippen LogP contribution in [0.25, 0.3) is 0 Å². The first-order chi connectivity index (χ1) is 14.5. The van der Waals surface area contributed by atoms with Gasteiger partial charge in [0, 0.05) is 6.42 Å². The molecule has 1 aromatic rings. The highest BCUT2D eigenvalue weighted by atomic mass is 127. The maximum Gasteiger partial charge on any atom is 0.395 e. The zero-order chi connectivity index (χ0) is 22.6. The van der Waals surface area contributed by atoms with E-state index in [4.69, 9.17) is 14.2 Å². The lowest BCUT2D eigenvalue weighted by Gasteiger charge is -2.43. The molecule has 0 amide bonds. The first kappa shape index (κ1) is 24.9. The highest BCUT2D eigenvalue weighted by molar-refractivity contribution is 5.97. The average Bonchev–Trinajstić information content (AvgIpc) is 3.16.